The van der Waals surface area contributed by atoms with Gasteiger partial charge < -0.3 is 5.32 Å². The van der Waals surface area contributed by atoms with E-state index >= 15 is 0 Å². The Labute approximate surface area is 138 Å². The number of hydrogen-bond acceptors (Lipinski definition) is 3. The molecule has 0 fully saturated rings. The maximum atomic E-state index is 12.2. The van der Waals surface area contributed by atoms with Gasteiger partial charge in [0.1, 0.15) is 0 Å². The Bertz CT molecular complexity index is 832. The molecular weight excluding hydrogens is 314 g/mol. The van der Waals surface area contributed by atoms with Gasteiger partial charge in [-0.15, -0.1) is 0 Å². The monoisotopic (exact) mass is 329 g/mol. The first kappa shape index (κ1) is 15.3. The molecule has 7 heteroatoms. The van der Waals surface area contributed by atoms with Gasteiger partial charge in [-0.1, -0.05) is 29.8 Å². The van der Waals surface area contributed by atoms with Gasteiger partial charge >= 0.3 is 0 Å². The smallest absolute Gasteiger partial charge is 0.276 e. The van der Waals surface area contributed by atoms with Gasteiger partial charge in [0, 0.05) is 24.0 Å². The van der Waals surface area contributed by atoms with Gasteiger partial charge in [0.2, 0.25) is 0 Å². The van der Waals surface area contributed by atoms with E-state index < -0.39 is 0 Å². The highest BCUT2D eigenvalue weighted by molar-refractivity contribution is 6.31. The molecule has 0 aliphatic heterocycles. The number of aryl methyl sites for hydroxylation is 2. The van der Waals surface area contributed by atoms with Gasteiger partial charge in [0.05, 0.1) is 18.4 Å². The standard InChI is InChI=1S/C16H16ClN5O/c1-11-7-15(20-21(11)2)16(23)19-13-8-18-22(10-13)9-12-5-3-4-6-14(12)17/h3-8,10H,9H2,1-2H3,(H,19,23). The first-order valence-electron chi connectivity index (χ1n) is 7.11. The summed E-state index contributed by atoms with van der Waals surface area (Å²) >= 11 is 6.14. The molecule has 0 spiro atoms. The van der Waals surface area contributed by atoms with Crippen molar-refractivity contribution in [2.75, 3.05) is 5.32 Å². The zero-order chi connectivity index (χ0) is 16.4. The maximum Gasteiger partial charge on any atom is 0.276 e. The minimum absolute atomic E-state index is 0.258. The molecule has 1 aromatic carbocycles. The van der Waals surface area contributed by atoms with E-state index in [4.69, 9.17) is 11.6 Å². The summed E-state index contributed by atoms with van der Waals surface area (Å²) in [5.74, 6) is -0.258. The second-order valence-corrected chi connectivity index (χ2v) is 5.67. The summed E-state index contributed by atoms with van der Waals surface area (Å²) < 4.78 is 3.39. The van der Waals surface area contributed by atoms with E-state index in [1.54, 1.807) is 34.9 Å². The Kier molecular flexibility index (Phi) is 4.16. The van der Waals surface area contributed by atoms with E-state index in [9.17, 15) is 4.79 Å². The van der Waals surface area contributed by atoms with Crippen LogP contribution in [0.25, 0.3) is 0 Å². The Morgan fingerprint density at radius 1 is 1.35 bits per heavy atom. The molecule has 0 unspecified atom stereocenters. The largest absolute Gasteiger partial charge is 0.318 e. The Morgan fingerprint density at radius 2 is 2.13 bits per heavy atom. The van der Waals surface area contributed by atoms with Crippen molar-refractivity contribution in [1.29, 1.82) is 0 Å². The topological polar surface area (TPSA) is 64.7 Å². The number of amides is 1. The van der Waals surface area contributed by atoms with Crippen LogP contribution < -0.4 is 5.32 Å². The van der Waals surface area contributed by atoms with Crippen LogP contribution in [0, 0.1) is 6.92 Å². The minimum atomic E-state index is -0.258. The second-order valence-electron chi connectivity index (χ2n) is 5.27. The highest BCUT2D eigenvalue weighted by Gasteiger charge is 2.12. The highest BCUT2D eigenvalue weighted by Crippen LogP contribution is 2.17. The van der Waals surface area contributed by atoms with Crippen LogP contribution in [0.5, 0.6) is 0 Å². The molecule has 3 rings (SSSR count). The van der Waals surface area contributed by atoms with Gasteiger partial charge in [0.25, 0.3) is 5.91 Å². The van der Waals surface area contributed by atoms with Crippen molar-refractivity contribution in [2.45, 2.75) is 13.5 Å². The Balaban J connectivity index is 1.70. The first-order valence-corrected chi connectivity index (χ1v) is 7.48. The molecule has 0 atom stereocenters. The molecule has 1 amide bonds. The SMILES string of the molecule is Cc1cc(C(=O)Nc2cnn(Cc3ccccc3Cl)c2)nn1C. The predicted molar refractivity (Wildman–Crippen MR) is 88.7 cm³/mol. The van der Waals surface area contributed by atoms with Crippen LogP contribution in [-0.2, 0) is 13.6 Å². The zero-order valence-electron chi connectivity index (χ0n) is 12.8. The lowest BCUT2D eigenvalue weighted by Crippen LogP contribution is -2.12. The third-order valence-corrected chi connectivity index (χ3v) is 3.90. The fourth-order valence-electron chi connectivity index (χ4n) is 2.18. The lowest BCUT2D eigenvalue weighted by molar-refractivity contribution is 0.102. The molecule has 2 heterocycles. The number of rotatable bonds is 4. The second kappa shape index (κ2) is 6.26. The van der Waals surface area contributed by atoms with Crippen molar-refractivity contribution in [3.63, 3.8) is 0 Å². The van der Waals surface area contributed by atoms with E-state index in [0.717, 1.165) is 11.3 Å². The summed E-state index contributed by atoms with van der Waals surface area (Å²) in [4.78, 5) is 12.2. The molecule has 2 aromatic heterocycles. The molecule has 1 N–H and O–H groups in total. The average Bonchev–Trinajstić information content (AvgIpc) is 3.09. The predicted octanol–water partition coefficient (Wildman–Crippen LogP) is 2.88. The molecule has 3 aromatic rings. The summed E-state index contributed by atoms with van der Waals surface area (Å²) in [5.41, 5.74) is 2.88. The number of hydrogen-bond donors (Lipinski definition) is 1. The number of nitrogens with zero attached hydrogens (tertiary/aromatic N) is 4. The Morgan fingerprint density at radius 3 is 2.83 bits per heavy atom. The van der Waals surface area contributed by atoms with Crippen LogP contribution >= 0.6 is 11.6 Å². The molecule has 0 bridgehead atoms. The fourth-order valence-corrected chi connectivity index (χ4v) is 2.38. The normalized spacial score (nSPS) is 10.7. The molecule has 118 valence electrons. The summed E-state index contributed by atoms with van der Waals surface area (Å²) in [6, 6.07) is 9.33. The third kappa shape index (κ3) is 3.43. The van der Waals surface area contributed by atoms with Crippen LogP contribution in [-0.4, -0.2) is 25.5 Å². The zero-order valence-corrected chi connectivity index (χ0v) is 13.6. The van der Waals surface area contributed by atoms with Crippen LogP contribution in [0.2, 0.25) is 5.02 Å². The van der Waals surface area contributed by atoms with Gasteiger partial charge in [0.15, 0.2) is 5.69 Å². The Hall–Kier alpha value is -2.60. The maximum absolute atomic E-state index is 12.2. The molecular formula is C16H16ClN5O. The number of carbonyl (C=O) groups excluding carboxylic acids is 1. The lowest BCUT2D eigenvalue weighted by Gasteiger charge is -2.03. The summed E-state index contributed by atoms with van der Waals surface area (Å²) in [7, 11) is 1.80. The van der Waals surface area contributed by atoms with Crippen LogP contribution in [0.4, 0.5) is 5.69 Å². The molecule has 23 heavy (non-hydrogen) atoms. The average molecular weight is 330 g/mol. The summed E-state index contributed by atoms with van der Waals surface area (Å²) in [6.45, 7) is 2.43. The van der Waals surface area contributed by atoms with Crippen LogP contribution in [0.15, 0.2) is 42.7 Å². The van der Waals surface area contributed by atoms with Crippen LogP contribution in [0.3, 0.4) is 0 Å². The minimum Gasteiger partial charge on any atom is -0.318 e. The highest BCUT2D eigenvalue weighted by atomic mass is 35.5. The molecule has 0 saturated carbocycles. The van der Waals surface area contributed by atoms with E-state index in [0.29, 0.717) is 22.9 Å². The van der Waals surface area contributed by atoms with E-state index in [-0.39, 0.29) is 5.91 Å². The fraction of sp³-hybridized carbons (Fsp3) is 0.188. The van der Waals surface area contributed by atoms with E-state index in [2.05, 4.69) is 15.5 Å². The number of aromatic nitrogens is 4. The quantitative estimate of drug-likeness (QED) is 0.800. The van der Waals surface area contributed by atoms with Gasteiger partial charge in [-0.05, 0) is 24.6 Å². The number of halogens is 1. The molecule has 6 nitrogen and oxygen atoms in total. The van der Waals surface area contributed by atoms with Crippen LogP contribution in [0.1, 0.15) is 21.7 Å². The lowest BCUT2D eigenvalue weighted by atomic mass is 10.2. The third-order valence-electron chi connectivity index (χ3n) is 3.53. The molecule has 0 aliphatic rings. The van der Waals surface area contributed by atoms with Crippen molar-refractivity contribution >= 4 is 23.2 Å². The van der Waals surface area contributed by atoms with Crippen molar-refractivity contribution < 1.29 is 4.79 Å². The van der Waals surface area contributed by atoms with Crippen molar-refractivity contribution in [3.05, 3.63) is 64.7 Å². The van der Waals surface area contributed by atoms with E-state index in [1.165, 1.54) is 0 Å². The van der Waals surface area contributed by atoms with Crippen molar-refractivity contribution in [2.24, 2.45) is 7.05 Å². The molecule has 0 aliphatic carbocycles. The number of benzene rings is 1. The van der Waals surface area contributed by atoms with Crippen molar-refractivity contribution in [1.82, 2.24) is 19.6 Å². The summed E-state index contributed by atoms with van der Waals surface area (Å²) in [5, 5.41) is 11.9. The first-order chi connectivity index (χ1) is 11.0. The van der Waals surface area contributed by atoms with Crippen molar-refractivity contribution in [3.8, 4) is 0 Å². The molecule has 0 radical (unpaired) electrons. The van der Waals surface area contributed by atoms with Gasteiger partial charge in [-0.3, -0.25) is 14.2 Å². The number of anilines is 1. The number of carbonyl (C=O) groups is 1. The number of nitrogens with one attached hydrogen (secondary N) is 1. The van der Waals surface area contributed by atoms with Gasteiger partial charge in [-0.2, -0.15) is 10.2 Å². The summed E-state index contributed by atoms with van der Waals surface area (Å²) in [6.07, 6.45) is 3.36. The van der Waals surface area contributed by atoms with E-state index in [1.807, 2.05) is 31.2 Å². The molecule has 0 saturated heterocycles. The van der Waals surface area contributed by atoms with Gasteiger partial charge in [-0.25, -0.2) is 0 Å².